The number of aryl methyl sites for hydroxylation is 3. The molecule has 0 bridgehead atoms. The molecular weight excluding hydrogens is 238 g/mol. The summed E-state index contributed by atoms with van der Waals surface area (Å²) < 4.78 is 2.22. The average Bonchev–Trinajstić information content (AvgIpc) is 2.73. The number of anilines is 1. The van der Waals surface area contributed by atoms with E-state index in [-0.39, 0.29) is 6.04 Å². The van der Waals surface area contributed by atoms with Gasteiger partial charge in [0.05, 0.1) is 11.0 Å². The molecule has 4 heteroatoms. The summed E-state index contributed by atoms with van der Waals surface area (Å²) >= 11 is 0. The molecule has 100 valence electrons. The molecule has 2 aromatic rings. The third kappa shape index (κ3) is 1.66. The Kier molecular flexibility index (Phi) is 2.81. The zero-order valence-electron chi connectivity index (χ0n) is 11.7. The molecule has 0 aliphatic carbocycles. The van der Waals surface area contributed by atoms with Gasteiger partial charge in [-0.15, -0.1) is 0 Å². The van der Waals surface area contributed by atoms with Crippen LogP contribution < -0.4 is 4.90 Å². The predicted molar refractivity (Wildman–Crippen MR) is 76.5 cm³/mol. The maximum absolute atomic E-state index is 11.3. The molecule has 0 spiro atoms. The second-order valence-corrected chi connectivity index (χ2v) is 5.23. The predicted octanol–water partition coefficient (Wildman–Crippen LogP) is 2.66. The fourth-order valence-electron chi connectivity index (χ4n) is 3.13. The molecule has 1 atom stereocenters. The van der Waals surface area contributed by atoms with Crippen molar-refractivity contribution in [1.82, 2.24) is 9.55 Å². The number of fused-ring (bicyclic) bond motifs is 3. The minimum atomic E-state index is 0.275. The number of hydrogen-bond acceptors (Lipinski definition) is 2. The van der Waals surface area contributed by atoms with Crippen molar-refractivity contribution >= 4 is 23.1 Å². The van der Waals surface area contributed by atoms with Gasteiger partial charge < -0.3 is 9.47 Å². The first-order chi connectivity index (χ1) is 9.17. The maximum atomic E-state index is 11.3. The lowest BCUT2D eigenvalue weighted by Gasteiger charge is -2.32. The largest absolute Gasteiger partial charge is 0.328 e. The average molecular weight is 257 g/mol. The molecule has 1 aromatic carbocycles. The van der Waals surface area contributed by atoms with Gasteiger partial charge in [-0.25, -0.2) is 4.98 Å². The molecule has 1 aliphatic rings. The summed E-state index contributed by atoms with van der Waals surface area (Å²) in [4.78, 5) is 17.8. The van der Waals surface area contributed by atoms with Crippen molar-refractivity contribution in [3.63, 3.8) is 0 Å². The third-order valence-electron chi connectivity index (χ3n) is 4.19. The van der Waals surface area contributed by atoms with Crippen LogP contribution in [0, 0.1) is 6.92 Å². The van der Waals surface area contributed by atoms with Crippen molar-refractivity contribution in [3.05, 3.63) is 23.5 Å². The number of carbonyl (C=O) groups excluding carboxylic acids is 1. The molecule has 0 N–H and O–H groups in total. The smallest absolute Gasteiger partial charge is 0.214 e. The molecule has 1 unspecified atom stereocenters. The lowest BCUT2D eigenvalue weighted by molar-refractivity contribution is -0.107. The summed E-state index contributed by atoms with van der Waals surface area (Å²) in [6.07, 6.45) is 2.94. The summed E-state index contributed by atoms with van der Waals surface area (Å²) in [6, 6.07) is 4.43. The molecule has 1 aromatic heterocycles. The van der Waals surface area contributed by atoms with Crippen LogP contribution in [0.15, 0.2) is 12.1 Å². The molecular formula is C15H19N3O. The minimum absolute atomic E-state index is 0.275. The Morgan fingerprint density at radius 2 is 2.26 bits per heavy atom. The van der Waals surface area contributed by atoms with Crippen LogP contribution in [-0.2, 0) is 17.8 Å². The summed E-state index contributed by atoms with van der Waals surface area (Å²) in [7, 11) is 0. The second kappa shape index (κ2) is 4.37. The number of amides is 1. The van der Waals surface area contributed by atoms with Gasteiger partial charge in [0.25, 0.3) is 0 Å². The van der Waals surface area contributed by atoms with Crippen molar-refractivity contribution in [2.24, 2.45) is 0 Å². The van der Waals surface area contributed by atoms with Gasteiger partial charge in [-0.3, -0.25) is 4.79 Å². The van der Waals surface area contributed by atoms with Gasteiger partial charge in [0.1, 0.15) is 5.82 Å². The molecule has 1 amide bonds. The molecule has 4 nitrogen and oxygen atoms in total. The molecule has 0 radical (unpaired) electrons. The van der Waals surface area contributed by atoms with Crippen molar-refractivity contribution in [2.75, 3.05) is 4.90 Å². The van der Waals surface area contributed by atoms with E-state index in [2.05, 4.69) is 30.5 Å². The number of hydrogen-bond donors (Lipinski definition) is 0. The number of benzene rings is 1. The number of carbonyl (C=O) groups is 1. The minimum Gasteiger partial charge on any atom is -0.328 e. The number of rotatable bonds is 2. The van der Waals surface area contributed by atoms with Gasteiger partial charge in [0.15, 0.2) is 0 Å². The van der Waals surface area contributed by atoms with E-state index in [1.807, 2.05) is 11.8 Å². The Morgan fingerprint density at radius 1 is 1.47 bits per heavy atom. The van der Waals surface area contributed by atoms with Crippen LogP contribution in [-0.4, -0.2) is 22.0 Å². The molecule has 0 saturated heterocycles. The van der Waals surface area contributed by atoms with Crippen molar-refractivity contribution < 1.29 is 4.79 Å². The highest BCUT2D eigenvalue weighted by atomic mass is 16.1. The maximum Gasteiger partial charge on any atom is 0.214 e. The van der Waals surface area contributed by atoms with Crippen molar-refractivity contribution in [2.45, 2.75) is 46.2 Å². The van der Waals surface area contributed by atoms with Crippen LogP contribution in [0.25, 0.3) is 11.0 Å². The van der Waals surface area contributed by atoms with E-state index in [1.165, 1.54) is 11.1 Å². The van der Waals surface area contributed by atoms with E-state index in [4.69, 9.17) is 4.98 Å². The highest BCUT2D eigenvalue weighted by molar-refractivity contribution is 5.90. The lowest BCUT2D eigenvalue weighted by atomic mass is 9.96. The van der Waals surface area contributed by atoms with Gasteiger partial charge in [-0.05, 0) is 45.7 Å². The Hall–Kier alpha value is -1.84. The van der Waals surface area contributed by atoms with Crippen molar-refractivity contribution in [3.8, 4) is 0 Å². The standard InChI is InChI=1S/C15H19N3O/c1-4-17-11(3)16-15-12-6-5-10(2)18(9-19)13(12)7-8-14(15)17/h7-10H,4-6H2,1-3H3. The third-order valence-corrected chi connectivity index (χ3v) is 4.19. The fraction of sp³-hybridized carbons (Fsp3) is 0.467. The molecule has 0 fully saturated rings. The van der Waals surface area contributed by atoms with E-state index in [9.17, 15) is 4.79 Å². The lowest BCUT2D eigenvalue weighted by Crippen LogP contribution is -2.36. The summed E-state index contributed by atoms with van der Waals surface area (Å²) in [5.74, 6) is 1.04. The molecule has 0 saturated carbocycles. The van der Waals surface area contributed by atoms with Gasteiger partial charge >= 0.3 is 0 Å². The number of imidazole rings is 1. The zero-order chi connectivity index (χ0) is 13.6. The fourth-order valence-corrected chi connectivity index (χ4v) is 3.13. The normalized spacial score (nSPS) is 18.7. The first kappa shape index (κ1) is 12.2. The SMILES string of the molecule is CCn1c(C)nc2c3c(ccc21)N(C=O)C(C)CC3. The highest BCUT2D eigenvalue weighted by Crippen LogP contribution is 2.35. The van der Waals surface area contributed by atoms with Crippen molar-refractivity contribution in [1.29, 1.82) is 0 Å². The highest BCUT2D eigenvalue weighted by Gasteiger charge is 2.25. The Balaban J connectivity index is 2.27. The van der Waals surface area contributed by atoms with Crippen LogP contribution in [0.5, 0.6) is 0 Å². The van der Waals surface area contributed by atoms with Gasteiger partial charge in [0.2, 0.25) is 6.41 Å². The van der Waals surface area contributed by atoms with Crippen LogP contribution >= 0.6 is 0 Å². The number of nitrogens with zero attached hydrogens (tertiary/aromatic N) is 3. The van der Waals surface area contributed by atoms with E-state index in [1.54, 1.807) is 0 Å². The van der Waals surface area contributed by atoms with E-state index < -0.39 is 0 Å². The first-order valence-electron chi connectivity index (χ1n) is 6.89. The molecule has 19 heavy (non-hydrogen) atoms. The Morgan fingerprint density at radius 3 is 2.95 bits per heavy atom. The van der Waals surface area contributed by atoms with Crippen LogP contribution in [0.1, 0.15) is 31.7 Å². The summed E-state index contributed by atoms with van der Waals surface area (Å²) in [6.45, 7) is 7.19. The zero-order valence-corrected chi connectivity index (χ0v) is 11.7. The van der Waals surface area contributed by atoms with E-state index in [0.717, 1.165) is 42.8 Å². The summed E-state index contributed by atoms with van der Waals surface area (Å²) in [5, 5.41) is 0. The van der Waals surface area contributed by atoms with Gasteiger partial charge in [-0.2, -0.15) is 0 Å². The van der Waals surface area contributed by atoms with Crippen LogP contribution in [0.4, 0.5) is 5.69 Å². The quantitative estimate of drug-likeness (QED) is 0.776. The molecule has 3 rings (SSSR count). The molecule has 2 heterocycles. The Labute approximate surface area is 113 Å². The van der Waals surface area contributed by atoms with Crippen LogP contribution in [0.2, 0.25) is 0 Å². The van der Waals surface area contributed by atoms with Gasteiger partial charge in [-0.1, -0.05) is 0 Å². The monoisotopic (exact) mass is 257 g/mol. The topological polar surface area (TPSA) is 38.1 Å². The Bertz CT molecular complexity index is 644. The van der Waals surface area contributed by atoms with Gasteiger partial charge in [0, 0.05) is 23.8 Å². The number of aromatic nitrogens is 2. The van der Waals surface area contributed by atoms with Crippen LogP contribution in [0.3, 0.4) is 0 Å². The van der Waals surface area contributed by atoms with E-state index in [0.29, 0.717) is 0 Å². The second-order valence-electron chi connectivity index (χ2n) is 5.23. The first-order valence-corrected chi connectivity index (χ1v) is 6.89. The van der Waals surface area contributed by atoms with E-state index >= 15 is 0 Å². The summed E-state index contributed by atoms with van der Waals surface area (Å²) in [5.41, 5.74) is 4.50. The molecule has 1 aliphatic heterocycles.